The Bertz CT molecular complexity index is 1770. The molecule has 3 amide bonds. The zero-order valence-corrected chi connectivity index (χ0v) is 33.1. The zero-order chi connectivity index (χ0) is 40.1. The molecule has 0 radical (unpaired) electrons. The van der Waals surface area contributed by atoms with E-state index in [-0.39, 0.29) is 21.9 Å². The SMILES string of the molecule is CO/N=C(\C(=O)N[C@@H]1C(=O)N2C(C(=O)OCOC(=O)C(C)(C)C)=C(C)CS[C@H]12)c1cs/c(=N\C(=O)OCOC(=O)C(C)(C)C)n1COC(=O)C(C)(C)C. The second kappa shape index (κ2) is 17.0. The molecule has 0 saturated carbocycles. The number of rotatable bonds is 11. The van der Waals surface area contributed by atoms with Crippen LogP contribution >= 0.6 is 23.1 Å². The van der Waals surface area contributed by atoms with E-state index in [0.717, 1.165) is 11.3 Å². The fourth-order valence-corrected chi connectivity index (χ4v) is 6.38. The molecular formula is C33H45N5O13S2. The lowest BCUT2D eigenvalue weighted by atomic mass is 9.97. The first-order valence-corrected chi connectivity index (χ1v) is 18.1. The van der Waals surface area contributed by atoms with Crippen LogP contribution in [0.5, 0.6) is 0 Å². The van der Waals surface area contributed by atoms with Gasteiger partial charge in [0.05, 0.1) is 21.9 Å². The number of fused-ring (bicyclic) bond motifs is 1. The summed E-state index contributed by atoms with van der Waals surface area (Å²) in [5.41, 5.74) is -2.42. The number of hydrogen-bond donors (Lipinski definition) is 1. The molecule has 0 bridgehead atoms. The van der Waals surface area contributed by atoms with Crippen molar-refractivity contribution in [3.8, 4) is 0 Å². The first-order chi connectivity index (χ1) is 24.5. The number of ether oxygens (including phenoxy) is 5. The average Bonchev–Trinajstić information content (AvgIpc) is 3.44. The van der Waals surface area contributed by atoms with Gasteiger partial charge >= 0.3 is 30.0 Å². The van der Waals surface area contributed by atoms with Crippen LogP contribution in [0.3, 0.4) is 0 Å². The summed E-state index contributed by atoms with van der Waals surface area (Å²) in [6.07, 6.45) is -1.15. The third kappa shape index (κ3) is 10.7. The third-order valence-electron chi connectivity index (χ3n) is 7.18. The van der Waals surface area contributed by atoms with Gasteiger partial charge in [-0.3, -0.25) is 33.4 Å². The number of thiazole rings is 1. The Hall–Kier alpha value is -4.72. The minimum atomic E-state index is -1.15. The summed E-state index contributed by atoms with van der Waals surface area (Å²) in [7, 11) is 1.18. The summed E-state index contributed by atoms with van der Waals surface area (Å²) in [5.74, 6) is -3.85. The van der Waals surface area contributed by atoms with Gasteiger partial charge in [-0.05, 0) is 74.8 Å². The lowest BCUT2D eigenvalue weighted by Crippen LogP contribution is -2.71. The number of nitrogens with one attached hydrogen (secondary N) is 1. The van der Waals surface area contributed by atoms with Crippen molar-refractivity contribution >= 4 is 70.6 Å². The number of hydrogen-bond acceptors (Lipinski definition) is 16. The summed E-state index contributed by atoms with van der Waals surface area (Å²) >= 11 is 2.16. The van der Waals surface area contributed by atoms with E-state index < -0.39 is 89.8 Å². The molecule has 2 atom stereocenters. The molecule has 20 heteroatoms. The lowest BCUT2D eigenvalue weighted by molar-refractivity contribution is -0.173. The van der Waals surface area contributed by atoms with Gasteiger partial charge in [-0.1, -0.05) is 5.16 Å². The number of thioether (sulfide) groups is 1. The van der Waals surface area contributed by atoms with Crippen LogP contribution in [0.25, 0.3) is 0 Å². The van der Waals surface area contributed by atoms with Crippen molar-refractivity contribution in [2.24, 2.45) is 26.4 Å². The molecule has 1 aromatic heterocycles. The fourth-order valence-electron chi connectivity index (χ4n) is 4.22. The van der Waals surface area contributed by atoms with Gasteiger partial charge in [-0.2, -0.15) is 0 Å². The summed E-state index contributed by atoms with van der Waals surface area (Å²) in [6.45, 7) is 14.5. The molecule has 292 valence electrons. The largest absolute Gasteiger partial charge is 0.443 e. The van der Waals surface area contributed by atoms with E-state index >= 15 is 0 Å². The van der Waals surface area contributed by atoms with Crippen LogP contribution in [-0.4, -0.2) is 94.8 Å². The molecule has 53 heavy (non-hydrogen) atoms. The summed E-state index contributed by atoms with van der Waals surface area (Å²) < 4.78 is 26.7. The van der Waals surface area contributed by atoms with Gasteiger partial charge in [0.2, 0.25) is 13.6 Å². The quantitative estimate of drug-likeness (QED) is 0.0852. The zero-order valence-electron chi connectivity index (χ0n) is 31.5. The number of β-lactam (4-membered cyclic amide) rings is 1. The van der Waals surface area contributed by atoms with Crippen molar-refractivity contribution in [3.63, 3.8) is 0 Å². The summed E-state index contributed by atoms with van der Waals surface area (Å²) in [5, 5.41) is 7.17. The molecule has 0 unspecified atom stereocenters. The highest BCUT2D eigenvalue weighted by Crippen LogP contribution is 2.40. The van der Waals surface area contributed by atoms with Crippen LogP contribution in [0.2, 0.25) is 0 Å². The van der Waals surface area contributed by atoms with Gasteiger partial charge in [0, 0.05) is 11.1 Å². The van der Waals surface area contributed by atoms with Gasteiger partial charge in [-0.15, -0.1) is 28.1 Å². The smallest absolute Gasteiger partial charge is 0.439 e. The minimum Gasteiger partial charge on any atom is -0.443 e. The molecule has 0 spiro atoms. The van der Waals surface area contributed by atoms with E-state index in [1.807, 2.05) is 0 Å². The lowest BCUT2D eigenvalue weighted by Gasteiger charge is -2.49. The van der Waals surface area contributed by atoms with E-state index in [1.54, 1.807) is 69.2 Å². The second-order valence-corrected chi connectivity index (χ2v) is 16.7. The van der Waals surface area contributed by atoms with E-state index in [2.05, 4.69) is 15.5 Å². The van der Waals surface area contributed by atoms with Crippen LogP contribution in [0, 0.1) is 16.2 Å². The average molecular weight is 784 g/mol. The van der Waals surface area contributed by atoms with Crippen molar-refractivity contribution in [2.75, 3.05) is 26.4 Å². The second-order valence-electron chi connectivity index (χ2n) is 14.8. The number of carbonyl (C=O) groups is 7. The number of aromatic nitrogens is 1. The van der Waals surface area contributed by atoms with Crippen LogP contribution in [0.1, 0.15) is 74.9 Å². The molecule has 18 nitrogen and oxygen atoms in total. The summed E-state index contributed by atoms with van der Waals surface area (Å²) in [6, 6.07) is -1.11. The molecular weight excluding hydrogens is 739 g/mol. The topological polar surface area (TPSA) is 220 Å². The number of carbonyl (C=O) groups excluding carboxylic acids is 7. The van der Waals surface area contributed by atoms with Crippen LogP contribution in [0.15, 0.2) is 26.8 Å². The van der Waals surface area contributed by atoms with E-state index in [4.69, 9.17) is 28.5 Å². The van der Waals surface area contributed by atoms with Crippen molar-refractivity contribution in [1.82, 2.24) is 14.8 Å². The summed E-state index contributed by atoms with van der Waals surface area (Å²) in [4.78, 5) is 99.4. The maximum Gasteiger partial charge on any atom is 0.439 e. The van der Waals surface area contributed by atoms with Crippen molar-refractivity contribution in [2.45, 2.75) is 87.4 Å². The highest BCUT2D eigenvalue weighted by Gasteiger charge is 2.54. The van der Waals surface area contributed by atoms with Crippen molar-refractivity contribution in [1.29, 1.82) is 0 Å². The molecule has 1 N–H and O–H groups in total. The van der Waals surface area contributed by atoms with Gasteiger partial charge in [0.1, 0.15) is 24.2 Å². The molecule has 2 aliphatic heterocycles. The number of esters is 4. The van der Waals surface area contributed by atoms with Crippen molar-refractivity contribution in [3.05, 3.63) is 27.1 Å². The molecule has 2 aliphatic rings. The Balaban J connectivity index is 1.84. The Kier molecular flexibility index (Phi) is 13.7. The number of nitrogens with zero attached hydrogens (tertiary/aromatic N) is 4. The predicted octanol–water partition coefficient (Wildman–Crippen LogP) is 2.79. The molecule has 0 aromatic carbocycles. The minimum absolute atomic E-state index is 0.00786. The Morgan fingerprint density at radius 3 is 1.94 bits per heavy atom. The fraction of sp³-hybridized carbons (Fsp3) is 0.606. The van der Waals surface area contributed by atoms with Crippen LogP contribution in [-0.2, 0) is 64.0 Å². The van der Waals surface area contributed by atoms with Crippen LogP contribution in [0.4, 0.5) is 4.79 Å². The van der Waals surface area contributed by atoms with Gasteiger partial charge in [-0.25, -0.2) is 9.59 Å². The molecule has 1 saturated heterocycles. The van der Waals surface area contributed by atoms with Gasteiger partial charge < -0.3 is 33.8 Å². The predicted molar refractivity (Wildman–Crippen MR) is 188 cm³/mol. The number of oxime groups is 1. The third-order valence-corrected chi connectivity index (χ3v) is 9.47. The standard InChI is InChI=1S/C33H45N5O13S2/c1-17-12-52-24-20(23(40)38(24)21(17)25(41)48-15-49-27(43)32(5,6)7)34-22(39)19(36-46-11)18-13-53-29(37(18)14-47-26(42)31(2,3)4)35-30(45)51-16-50-28(44)33(8,9)10/h13,20,24H,12,14-16H2,1-11H3,(H,34,39)/b35-29-,36-19-/t20-,24-/m1/s1. The Morgan fingerprint density at radius 2 is 1.40 bits per heavy atom. The maximum absolute atomic E-state index is 13.7. The Morgan fingerprint density at radius 1 is 0.849 bits per heavy atom. The highest BCUT2D eigenvalue weighted by atomic mass is 32.2. The van der Waals surface area contributed by atoms with Crippen molar-refractivity contribution < 1.29 is 62.1 Å². The molecule has 1 fully saturated rings. The number of amides is 3. The monoisotopic (exact) mass is 783 g/mol. The van der Waals surface area contributed by atoms with Gasteiger partial charge in [0.15, 0.2) is 17.2 Å². The molecule has 3 rings (SSSR count). The molecule has 0 aliphatic carbocycles. The Labute approximate surface area is 314 Å². The normalized spacial score (nSPS) is 18.0. The molecule has 1 aromatic rings. The van der Waals surface area contributed by atoms with E-state index in [0.29, 0.717) is 11.3 Å². The van der Waals surface area contributed by atoms with E-state index in [1.165, 1.54) is 33.7 Å². The van der Waals surface area contributed by atoms with E-state index in [9.17, 15) is 33.6 Å². The van der Waals surface area contributed by atoms with Crippen LogP contribution < -0.4 is 10.1 Å². The maximum atomic E-state index is 13.7. The molecule has 3 heterocycles. The van der Waals surface area contributed by atoms with Gasteiger partial charge in [0.25, 0.3) is 11.8 Å². The first kappa shape index (κ1) is 42.7. The highest BCUT2D eigenvalue weighted by molar-refractivity contribution is 8.00. The first-order valence-electron chi connectivity index (χ1n) is 16.1.